The molecule has 0 fully saturated rings. The molecule has 0 spiro atoms. The van der Waals surface area contributed by atoms with Crippen LogP contribution in [0, 0.1) is 18.8 Å². The van der Waals surface area contributed by atoms with Gasteiger partial charge in [-0.2, -0.15) is 0 Å². The van der Waals surface area contributed by atoms with Gasteiger partial charge in [0.25, 0.3) is 0 Å². The van der Waals surface area contributed by atoms with Crippen LogP contribution in [0.3, 0.4) is 0 Å². The van der Waals surface area contributed by atoms with E-state index >= 15 is 0 Å². The van der Waals surface area contributed by atoms with Crippen molar-refractivity contribution in [1.29, 1.82) is 0 Å². The first-order valence-corrected chi connectivity index (χ1v) is 5.53. The number of methoxy groups -OCH3 is 1. The molecule has 0 unspecified atom stereocenters. The normalized spacial score (nSPS) is 8.86. The number of primary amides is 1. The number of benzene rings is 1. The summed E-state index contributed by atoms with van der Waals surface area (Å²) in [5.41, 5.74) is 6.76. The van der Waals surface area contributed by atoms with Gasteiger partial charge in [-0.25, -0.2) is 16.6 Å². The zero-order valence-corrected chi connectivity index (χ0v) is 15.5. The molecule has 108 valence electrons. The van der Waals surface area contributed by atoms with E-state index in [0.717, 1.165) is 6.08 Å². The Kier molecular flexibility index (Phi) is 13.9. The minimum Gasteiger partial charge on any atom is -0.539 e. The van der Waals surface area contributed by atoms with Crippen LogP contribution in [0.1, 0.15) is 5.56 Å². The summed E-state index contributed by atoms with van der Waals surface area (Å²) in [6.07, 6.45) is 3.70. The fraction of sp³-hybridized carbons (Fsp3) is 0.0769. The van der Waals surface area contributed by atoms with Gasteiger partial charge in [-0.3, -0.25) is 0 Å². The second-order valence-electron chi connectivity index (χ2n) is 3.19. The molecule has 0 aliphatic rings. The SMILES string of the molecule is COc1ccc(F)cc1[C-]=CC(=O)N[C-]=S.[CH2-]C(N)=O.[K+]. The fourth-order valence-corrected chi connectivity index (χ4v) is 1.12. The summed E-state index contributed by atoms with van der Waals surface area (Å²) in [6.45, 7) is 2.78. The average molecular weight is 334 g/mol. The zero-order chi connectivity index (χ0) is 15.5. The third-order valence-electron chi connectivity index (χ3n) is 1.69. The van der Waals surface area contributed by atoms with Crippen LogP contribution >= 0.6 is 12.2 Å². The van der Waals surface area contributed by atoms with Crippen LogP contribution in [-0.4, -0.2) is 24.4 Å². The molecule has 1 aromatic rings. The zero-order valence-electron chi connectivity index (χ0n) is 11.6. The summed E-state index contributed by atoms with van der Waals surface area (Å²) >= 11 is 4.31. The molecular weight excluding hydrogens is 322 g/mol. The van der Waals surface area contributed by atoms with Crippen LogP contribution in [-0.2, 0) is 9.59 Å². The number of amides is 2. The van der Waals surface area contributed by atoms with Crippen molar-refractivity contribution in [3.63, 3.8) is 0 Å². The standard InChI is InChI=1S/C11H8FNO2S.C2H4NO.K/c1-15-10-4-3-9(12)6-8(10)2-5-11(14)13-7-16;1-2(3)4;/h3-6H,1H3,(H,13,14,16);1H2,(H2,3,4);/q-2;-1;+1. The molecule has 3 N–H and O–H groups in total. The molecule has 0 radical (unpaired) electrons. The molecule has 0 saturated carbocycles. The Bertz CT molecular complexity index is 520. The predicted molar refractivity (Wildman–Crippen MR) is 75.2 cm³/mol. The summed E-state index contributed by atoms with van der Waals surface area (Å²) in [7, 11) is 1.45. The number of thiocarbonyl (C=S) groups is 1. The first kappa shape index (κ1) is 22.5. The Morgan fingerprint density at radius 1 is 1.52 bits per heavy atom. The van der Waals surface area contributed by atoms with E-state index in [1.54, 1.807) is 0 Å². The van der Waals surface area contributed by atoms with Crippen molar-refractivity contribution in [2.75, 3.05) is 7.11 Å². The van der Waals surface area contributed by atoms with Crippen LogP contribution in [0.4, 0.5) is 4.39 Å². The van der Waals surface area contributed by atoms with Crippen molar-refractivity contribution < 1.29 is 70.1 Å². The maximum Gasteiger partial charge on any atom is 1.00 e. The molecule has 8 heteroatoms. The molecule has 2 amide bonds. The summed E-state index contributed by atoms with van der Waals surface area (Å²) in [4.78, 5) is 20.1. The van der Waals surface area contributed by atoms with Gasteiger partial charge in [-0.05, 0) is 6.07 Å². The van der Waals surface area contributed by atoms with Gasteiger partial charge in [-0.1, -0.05) is 17.6 Å². The third-order valence-corrected chi connectivity index (χ3v) is 1.80. The number of nitrogens with two attached hydrogens (primary N) is 1. The smallest absolute Gasteiger partial charge is 0.539 e. The Morgan fingerprint density at radius 2 is 2.10 bits per heavy atom. The molecule has 1 aromatic carbocycles. The summed E-state index contributed by atoms with van der Waals surface area (Å²) < 4.78 is 17.9. The van der Waals surface area contributed by atoms with Crippen LogP contribution in [0.2, 0.25) is 0 Å². The largest absolute Gasteiger partial charge is 1.00 e. The minimum atomic E-state index is -0.583. The van der Waals surface area contributed by atoms with Gasteiger partial charge < -0.3 is 32.3 Å². The quantitative estimate of drug-likeness (QED) is 0.215. The monoisotopic (exact) mass is 334 g/mol. The maximum absolute atomic E-state index is 12.9. The third kappa shape index (κ3) is 11.5. The van der Waals surface area contributed by atoms with E-state index in [2.05, 4.69) is 41.8 Å². The molecule has 0 bridgehead atoms. The minimum absolute atomic E-state index is 0. The van der Waals surface area contributed by atoms with Crippen molar-refractivity contribution >= 4 is 29.5 Å². The molecule has 0 aliphatic carbocycles. The molecular formula is C13H12FKN2O3S-2. The number of ether oxygens (including phenoxy) is 1. The molecule has 21 heavy (non-hydrogen) atoms. The summed E-state index contributed by atoms with van der Waals surface area (Å²) in [5, 5.41) is 2.14. The van der Waals surface area contributed by atoms with Crippen LogP contribution < -0.4 is 67.2 Å². The fourth-order valence-electron chi connectivity index (χ4n) is 1.02. The van der Waals surface area contributed by atoms with Crippen molar-refractivity contribution in [2.45, 2.75) is 0 Å². The van der Waals surface area contributed by atoms with E-state index in [9.17, 15) is 9.18 Å². The van der Waals surface area contributed by atoms with E-state index in [1.165, 1.54) is 25.3 Å². The predicted octanol–water partition coefficient (Wildman–Crippen LogP) is -2.20. The molecule has 0 atom stereocenters. The number of hydrogen-bond donors (Lipinski definition) is 2. The van der Waals surface area contributed by atoms with E-state index in [0.29, 0.717) is 11.3 Å². The Balaban J connectivity index is 0. The van der Waals surface area contributed by atoms with Crippen LogP contribution in [0.15, 0.2) is 24.3 Å². The molecule has 1 rings (SSSR count). The van der Waals surface area contributed by atoms with Gasteiger partial charge in [0.15, 0.2) is 0 Å². The van der Waals surface area contributed by atoms with Gasteiger partial charge in [0.2, 0.25) is 0 Å². The van der Waals surface area contributed by atoms with Crippen LogP contribution in [0.5, 0.6) is 5.75 Å². The molecule has 5 nitrogen and oxygen atoms in total. The van der Waals surface area contributed by atoms with Gasteiger partial charge in [0, 0.05) is 5.75 Å². The van der Waals surface area contributed by atoms with Gasteiger partial charge in [0.1, 0.15) is 0 Å². The molecule has 0 aromatic heterocycles. The molecule has 0 aliphatic heterocycles. The van der Waals surface area contributed by atoms with Crippen LogP contribution in [0.25, 0.3) is 0 Å². The Morgan fingerprint density at radius 3 is 2.57 bits per heavy atom. The number of hydrogen-bond acceptors (Lipinski definition) is 4. The second kappa shape index (κ2) is 12.9. The summed E-state index contributed by atoms with van der Waals surface area (Å²) in [5.74, 6) is -1.07. The second-order valence-corrected chi connectivity index (χ2v) is 3.40. The molecule has 0 heterocycles. The number of carbonyl (C=O) groups is 2. The maximum atomic E-state index is 12.9. The molecule has 0 saturated heterocycles. The number of halogens is 1. The number of nitrogens with one attached hydrogen (secondary N) is 1. The van der Waals surface area contributed by atoms with Gasteiger partial charge >= 0.3 is 51.4 Å². The van der Waals surface area contributed by atoms with Crippen molar-refractivity contribution in [1.82, 2.24) is 5.32 Å². The average Bonchev–Trinajstić information content (AvgIpc) is 2.36. The first-order valence-electron chi connectivity index (χ1n) is 5.12. The number of rotatable bonds is 4. The van der Waals surface area contributed by atoms with Crippen molar-refractivity contribution in [3.05, 3.63) is 48.7 Å². The van der Waals surface area contributed by atoms with E-state index in [4.69, 9.17) is 9.53 Å². The van der Waals surface area contributed by atoms with E-state index < -0.39 is 17.6 Å². The topological polar surface area (TPSA) is 81.4 Å². The van der Waals surface area contributed by atoms with Gasteiger partial charge in [-0.15, -0.1) is 17.7 Å². The Labute approximate surface area is 170 Å². The summed E-state index contributed by atoms with van der Waals surface area (Å²) in [6, 6.07) is 3.92. The van der Waals surface area contributed by atoms with Gasteiger partial charge in [0.05, 0.1) is 24.7 Å². The van der Waals surface area contributed by atoms with Crippen molar-refractivity contribution in [3.8, 4) is 5.75 Å². The van der Waals surface area contributed by atoms with Crippen molar-refractivity contribution in [2.24, 2.45) is 5.73 Å². The van der Waals surface area contributed by atoms with E-state index in [1.807, 2.05) is 0 Å². The Hall–Kier alpha value is -0.774. The number of carbonyl (C=O) groups excluding carboxylic acids is 2. The van der Waals surface area contributed by atoms with E-state index in [-0.39, 0.29) is 51.4 Å². The first-order chi connectivity index (χ1) is 9.40.